The number of aromatic nitrogens is 1. The largest absolute Gasteiger partial charge is 0.236 e. The maximum absolute atomic E-state index is 6.54. The first kappa shape index (κ1) is 17.0. The summed E-state index contributed by atoms with van der Waals surface area (Å²) in [5, 5.41) is 5.43. The molecule has 5 rings (SSSR count). The summed E-state index contributed by atoms with van der Waals surface area (Å²) in [6.45, 7) is 2.03. The molecule has 5 aromatic rings. The van der Waals surface area contributed by atoms with Crippen molar-refractivity contribution in [2.45, 2.75) is 6.92 Å². The average Bonchev–Trinajstić information content (AvgIpc) is 2.75. The van der Waals surface area contributed by atoms with Gasteiger partial charge in [0.25, 0.3) is 0 Å². The third kappa shape index (κ3) is 2.94. The molecule has 134 valence electrons. The van der Waals surface area contributed by atoms with Crippen molar-refractivity contribution >= 4 is 33.1 Å². The van der Waals surface area contributed by atoms with E-state index in [0.29, 0.717) is 5.15 Å². The summed E-state index contributed by atoms with van der Waals surface area (Å²) in [6.07, 6.45) is 0. The van der Waals surface area contributed by atoms with E-state index in [9.17, 15) is 0 Å². The average molecular weight is 380 g/mol. The van der Waals surface area contributed by atoms with Gasteiger partial charge >= 0.3 is 0 Å². The van der Waals surface area contributed by atoms with Gasteiger partial charge in [-0.2, -0.15) is 0 Å². The van der Waals surface area contributed by atoms with Gasteiger partial charge in [0.1, 0.15) is 5.15 Å². The smallest absolute Gasteiger partial charge is 0.133 e. The van der Waals surface area contributed by atoms with Crippen molar-refractivity contribution in [3.63, 3.8) is 0 Å². The Bertz CT molecular complexity index is 1340. The van der Waals surface area contributed by atoms with Crippen LogP contribution in [0.1, 0.15) is 5.56 Å². The highest BCUT2D eigenvalue weighted by Crippen LogP contribution is 2.34. The summed E-state index contributed by atoms with van der Waals surface area (Å²) in [4.78, 5) is 4.66. The zero-order valence-electron chi connectivity index (χ0n) is 15.5. The van der Waals surface area contributed by atoms with Crippen molar-refractivity contribution < 1.29 is 0 Å². The molecule has 0 saturated heterocycles. The van der Waals surface area contributed by atoms with Crippen molar-refractivity contribution in [2.75, 3.05) is 0 Å². The fraction of sp³-hybridized carbons (Fsp3) is 0.0385. The van der Waals surface area contributed by atoms with Crippen molar-refractivity contribution in [3.05, 3.63) is 102 Å². The molecule has 1 nitrogen and oxygen atoms in total. The molecule has 2 heteroatoms. The predicted molar refractivity (Wildman–Crippen MR) is 120 cm³/mol. The SMILES string of the molecule is Cc1c(-c2ccc3ccccc3c2)cc(-c2ccc3ccccc3c2)nc1Cl. The summed E-state index contributed by atoms with van der Waals surface area (Å²) in [6, 6.07) is 31.9. The summed E-state index contributed by atoms with van der Waals surface area (Å²) < 4.78 is 0. The van der Waals surface area contributed by atoms with E-state index in [-0.39, 0.29) is 0 Å². The Hall–Kier alpha value is -3.16. The lowest BCUT2D eigenvalue weighted by Gasteiger charge is -2.12. The number of rotatable bonds is 2. The fourth-order valence-electron chi connectivity index (χ4n) is 3.73. The maximum Gasteiger partial charge on any atom is 0.133 e. The number of benzene rings is 4. The molecule has 0 saturated carbocycles. The van der Waals surface area contributed by atoms with E-state index in [4.69, 9.17) is 11.6 Å². The Morgan fingerprint density at radius 2 is 1.14 bits per heavy atom. The molecule has 0 fully saturated rings. The normalized spacial score (nSPS) is 11.2. The highest BCUT2D eigenvalue weighted by atomic mass is 35.5. The van der Waals surface area contributed by atoms with E-state index >= 15 is 0 Å². The molecule has 0 amide bonds. The molecule has 0 aliphatic carbocycles. The molecule has 0 unspecified atom stereocenters. The van der Waals surface area contributed by atoms with E-state index in [1.165, 1.54) is 21.5 Å². The van der Waals surface area contributed by atoms with Gasteiger partial charge in [0, 0.05) is 5.56 Å². The van der Waals surface area contributed by atoms with Crippen LogP contribution >= 0.6 is 11.6 Å². The Morgan fingerprint density at radius 1 is 0.607 bits per heavy atom. The van der Waals surface area contributed by atoms with Crippen LogP contribution in [0.4, 0.5) is 0 Å². The Balaban J connectivity index is 1.69. The number of pyridine rings is 1. The van der Waals surface area contributed by atoms with Gasteiger partial charge < -0.3 is 0 Å². The quantitative estimate of drug-likeness (QED) is 0.286. The van der Waals surface area contributed by atoms with Crippen LogP contribution in [0.25, 0.3) is 43.9 Å². The zero-order chi connectivity index (χ0) is 19.1. The highest BCUT2D eigenvalue weighted by molar-refractivity contribution is 6.30. The van der Waals surface area contributed by atoms with Gasteiger partial charge in [-0.1, -0.05) is 84.4 Å². The summed E-state index contributed by atoms with van der Waals surface area (Å²) in [7, 11) is 0. The summed E-state index contributed by atoms with van der Waals surface area (Å²) in [5.41, 5.74) is 5.24. The van der Waals surface area contributed by atoms with Crippen LogP contribution < -0.4 is 0 Å². The molecule has 1 heterocycles. The standard InChI is InChI=1S/C26H18ClN/c1-17-24(22-12-10-18-6-2-4-8-20(18)14-22)16-25(28-26(17)27)23-13-11-19-7-3-5-9-21(19)15-23/h2-16H,1H3. The predicted octanol–water partition coefficient (Wildman–Crippen LogP) is 7.68. The molecular weight excluding hydrogens is 362 g/mol. The first-order valence-corrected chi connectivity index (χ1v) is 9.72. The molecular formula is C26H18ClN. The minimum Gasteiger partial charge on any atom is -0.236 e. The minimum absolute atomic E-state index is 0.550. The lowest BCUT2D eigenvalue weighted by molar-refractivity contribution is 1.27. The van der Waals surface area contributed by atoms with Crippen molar-refractivity contribution in [1.29, 1.82) is 0 Å². The van der Waals surface area contributed by atoms with Crippen LogP contribution in [0.3, 0.4) is 0 Å². The lowest BCUT2D eigenvalue weighted by Crippen LogP contribution is -1.92. The van der Waals surface area contributed by atoms with E-state index in [2.05, 4.69) is 96.0 Å². The highest BCUT2D eigenvalue weighted by Gasteiger charge is 2.12. The fourth-order valence-corrected chi connectivity index (χ4v) is 3.92. The van der Waals surface area contributed by atoms with Crippen LogP contribution in [0.15, 0.2) is 91.0 Å². The van der Waals surface area contributed by atoms with Gasteiger partial charge in [-0.05, 0) is 63.4 Å². The van der Waals surface area contributed by atoms with Crippen LogP contribution in [-0.2, 0) is 0 Å². The van der Waals surface area contributed by atoms with Crippen LogP contribution in [0, 0.1) is 6.92 Å². The second kappa shape index (κ2) is 6.78. The minimum atomic E-state index is 0.550. The van der Waals surface area contributed by atoms with Crippen LogP contribution in [0.2, 0.25) is 5.15 Å². The van der Waals surface area contributed by atoms with Gasteiger partial charge in [-0.25, -0.2) is 4.98 Å². The third-order valence-corrected chi connectivity index (χ3v) is 5.69. The number of fused-ring (bicyclic) bond motifs is 2. The van der Waals surface area contributed by atoms with Crippen molar-refractivity contribution in [2.24, 2.45) is 0 Å². The second-order valence-electron chi connectivity index (χ2n) is 7.09. The van der Waals surface area contributed by atoms with E-state index in [1.807, 2.05) is 6.92 Å². The molecule has 0 atom stereocenters. The molecule has 0 bridgehead atoms. The van der Waals surface area contributed by atoms with Gasteiger partial charge in [0.15, 0.2) is 0 Å². The molecule has 4 aromatic carbocycles. The van der Waals surface area contributed by atoms with Gasteiger partial charge in [-0.3, -0.25) is 0 Å². The zero-order valence-corrected chi connectivity index (χ0v) is 16.2. The van der Waals surface area contributed by atoms with Gasteiger partial charge in [0.05, 0.1) is 5.69 Å². The maximum atomic E-state index is 6.54. The van der Waals surface area contributed by atoms with Crippen LogP contribution in [-0.4, -0.2) is 4.98 Å². The van der Waals surface area contributed by atoms with E-state index in [0.717, 1.165) is 27.9 Å². The third-order valence-electron chi connectivity index (χ3n) is 5.32. The molecule has 0 spiro atoms. The van der Waals surface area contributed by atoms with Gasteiger partial charge in [-0.15, -0.1) is 0 Å². The Kier molecular flexibility index (Phi) is 4.11. The first-order chi connectivity index (χ1) is 13.7. The lowest BCUT2D eigenvalue weighted by atomic mass is 9.96. The molecule has 0 aliphatic rings. The Labute approximate surface area is 169 Å². The van der Waals surface area contributed by atoms with Crippen molar-refractivity contribution in [1.82, 2.24) is 4.98 Å². The van der Waals surface area contributed by atoms with Crippen molar-refractivity contribution in [3.8, 4) is 22.4 Å². The first-order valence-electron chi connectivity index (χ1n) is 9.34. The summed E-state index contributed by atoms with van der Waals surface area (Å²) in [5.74, 6) is 0. The van der Waals surface area contributed by atoms with Crippen LogP contribution in [0.5, 0.6) is 0 Å². The van der Waals surface area contributed by atoms with E-state index in [1.54, 1.807) is 0 Å². The molecule has 0 radical (unpaired) electrons. The molecule has 0 aliphatic heterocycles. The molecule has 28 heavy (non-hydrogen) atoms. The van der Waals surface area contributed by atoms with E-state index < -0.39 is 0 Å². The molecule has 1 aromatic heterocycles. The number of hydrogen-bond acceptors (Lipinski definition) is 1. The number of halogens is 1. The Morgan fingerprint density at radius 3 is 1.79 bits per heavy atom. The molecule has 0 N–H and O–H groups in total. The topological polar surface area (TPSA) is 12.9 Å². The number of nitrogens with zero attached hydrogens (tertiary/aromatic N) is 1. The summed E-state index contributed by atoms with van der Waals surface area (Å²) >= 11 is 6.54. The second-order valence-corrected chi connectivity index (χ2v) is 7.45. The van der Waals surface area contributed by atoms with Gasteiger partial charge in [0.2, 0.25) is 0 Å². The monoisotopic (exact) mass is 379 g/mol. The number of hydrogen-bond donors (Lipinski definition) is 0.